The number of amides is 1. The number of hydrogen-bond acceptors (Lipinski definition) is 6. The van der Waals surface area contributed by atoms with Crippen LogP contribution >= 0.6 is 0 Å². The van der Waals surface area contributed by atoms with Crippen LogP contribution in [0.1, 0.15) is 33.1 Å². The van der Waals surface area contributed by atoms with Crippen molar-refractivity contribution in [1.29, 1.82) is 0 Å². The van der Waals surface area contributed by atoms with E-state index in [0.717, 1.165) is 25.9 Å². The molecule has 2 saturated heterocycles. The third kappa shape index (κ3) is 3.99. The maximum atomic E-state index is 12.7. The number of nitrogens with zero attached hydrogens (tertiary/aromatic N) is 3. The van der Waals surface area contributed by atoms with Crippen LogP contribution in [0.2, 0.25) is 0 Å². The summed E-state index contributed by atoms with van der Waals surface area (Å²) in [5.74, 6) is 0.125. The third-order valence-corrected chi connectivity index (χ3v) is 6.73. The summed E-state index contributed by atoms with van der Waals surface area (Å²) in [6.07, 6.45) is 3.57. The lowest BCUT2D eigenvalue weighted by Gasteiger charge is -2.38. The summed E-state index contributed by atoms with van der Waals surface area (Å²) in [4.78, 5) is 20.8. The van der Waals surface area contributed by atoms with Gasteiger partial charge in [0.25, 0.3) is 0 Å². The van der Waals surface area contributed by atoms with Crippen LogP contribution in [0.5, 0.6) is 0 Å². The number of carbonyl (C=O) groups excluding carboxylic acids is 1. The lowest BCUT2D eigenvalue weighted by atomic mass is 10.0. The monoisotopic (exact) mass is 381 g/mol. The summed E-state index contributed by atoms with van der Waals surface area (Å²) in [5, 5.41) is 0. The molecule has 0 aromatic carbocycles. The molecule has 26 heavy (non-hydrogen) atoms. The number of piperidine rings is 1. The van der Waals surface area contributed by atoms with E-state index in [9.17, 15) is 13.2 Å². The quantitative estimate of drug-likeness (QED) is 0.765. The largest absolute Gasteiger partial charge is 0.384 e. The van der Waals surface area contributed by atoms with E-state index in [2.05, 4.69) is 28.5 Å². The van der Waals surface area contributed by atoms with E-state index in [4.69, 9.17) is 5.73 Å². The number of sulfonamides is 1. The number of hydrogen-bond donors (Lipinski definition) is 2. The van der Waals surface area contributed by atoms with Crippen molar-refractivity contribution in [2.45, 2.75) is 56.1 Å². The first-order valence-corrected chi connectivity index (χ1v) is 10.5. The third-order valence-electron chi connectivity index (χ3n) is 5.28. The van der Waals surface area contributed by atoms with E-state index >= 15 is 0 Å². The Morgan fingerprint density at radius 3 is 2.46 bits per heavy atom. The molecule has 144 valence electrons. The van der Waals surface area contributed by atoms with Gasteiger partial charge in [-0.05, 0) is 45.2 Å². The molecule has 1 amide bonds. The van der Waals surface area contributed by atoms with Crippen molar-refractivity contribution in [3.8, 4) is 0 Å². The Morgan fingerprint density at radius 1 is 1.19 bits per heavy atom. The molecule has 0 aliphatic carbocycles. The molecule has 0 spiro atoms. The molecule has 0 radical (unpaired) electrons. The van der Waals surface area contributed by atoms with Crippen LogP contribution in [0, 0.1) is 0 Å². The summed E-state index contributed by atoms with van der Waals surface area (Å²) in [5.41, 5.74) is 5.49. The number of nitrogens with two attached hydrogens (primary N) is 1. The number of rotatable bonds is 5. The van der Waals surface area contributed by atoms with E-state index in [0.29, 0.717) is 19.0 Å². The van der Waals surface area contributed by atoms with Gasteiger partial charge >= 0.3 is 0 Å². The van der Waals surface area contributed by atoms with Crippen molar-refractivity contribution in [3.63, 3.8) is 0 Å². The van der Waals surface area contributed by atoms with Crippen LogP contribution in [-0.2, 0) is 14.8 Å². The summed E-state index contributed by atoms with van der Waals surface area (Å²) in [6.45, 7) is 6.90. The van der Waals surface area contributed by atoms with Gasteiger partial charge in [-0.1, -0.05) is 0 Å². The van der Waals surface area contributed by atoms with E-state index in [-0.39, 0.29) is 22.7 Å². The normalized spacial score (nSPS) is 23.1. The predicted molar refractivity (Wildman–Crippen MR) is 98.8 cm³/mol. The maximum Gasteiger partial charge on any atom is 0.242 e. The van der Waals surface area contributed by atoms with Crippen LogP contribution in [0.25, 0.3) is 0 Å². The summed E-state index contributed by atoms with van der Waals surface area (Å²) < 4.78 is 27.5. The minimum Gasteiger partial charge on any atom is -0.384 e. The predicted octanol–water partition coefficient (Wildman–Crippen LogP) is 0.416. The minimum atomic E-state index is -3.79. The van der Waals surface area contributed by atoms with E-state index < -0.39 is 16.1 Å². The van der Waals surface area contributed by atoms with Gasteiger partial charge < -0.3 is 15.5 Å². The highest BCUT2D eigenvalue weighted by Gasteiger charge is 2.39. The fourth-order valence-corrected chi connectivity index (χ4v) is 4.86. The second-order valence-corrected chi connectivity index (χ2v) is 8.99. The number of aromatic nitrogens is 1. The molecule has 1 aromatic rings. The second kappa shape index (κ2) is 7.50. The first-order chi connectivity index (χ1) is 12.3. The fourth-order valence-electron chi connectivity index (χ4n) is 3.69. The molecular formula is C17H27N5O3S. The number of nitrogen functional groups attached to an aromatic ring is 1. The highest BCUT2D eigenvalue weighted by Crippen LogP contribution is 2.24. The Kier molecular flexibility index (Phi) is 5.50. The molecule has 1 atom stereocenters. The Bertz CT molecular complexity index is 742. The molecule has 3 rings (SSSR count). The average molecular weight is 382 g/mol. The topological polar surface area (TPSA) is 109 Å². The molecular weight excluding hydrogens is 354 g/mol. The molecule has 3 heterocycles. The van der Waals surface area contributed by atoms with Crippen LogP contribution in [0.4, 0.5) is 5.82 Å². The fraction of sp³-hybridized carbons (Fsp3) is 0.647. The van der Waals surface area contributed by atoms with Crippen LogP contribution in [-0.4, -0.2) is 66.9 Å². The van der Waals surface area contributed by atoms with E-state index in [1.807, 2.05) is 4.90 Å². The number of nitrogens with one attached hydrogen (secondary N) is 1. The highest BCUT2D eigenvalue weighted by atomic mass is 32.2. The second-order valence-electron chi connectivity index (χ2n) is 7.27. The zero-order valence-electron chi connectivity index (χ0n) is 15.3. The zero-order valence-corrected chi connectivity index (χ0v) is 16.1. The van der Waals surface area contributed by atoms with Crippen molar-refractivity contribution in [3.05, 3.63) is 18.3 Å². The van der Waals surface area contributed by atoms with Gasteiger partial charge in [0.05, 0.1) is 0 Å². The number of carbonyl (C=O) groups is 1. The summed E-state index contributed by atoms with van der Waals surface area (Å²) in [7, 11) is -3.79. The van der Waals surface area contributed by atoms with Gasteiger partial charge in [0.2, 0.25) is 15.9 Å². The summed E-state index contributed by atoms with van der Waals surface area (Å²) >= 11 is 0. The first-order valence-electron chi connectivity index (χ1n) is 9.06. The molecule has 9 heteroatoms. The lowest BCUT2D eigenvalue weighted by Crippen LogP contribution is -2.49. The Hall–Kier alpha value is -1.71. The molecule has 3 N–H and O–H groups in total. The van der Waals surface area contributed by atoms with E-state index in [1.165, 1.54) is 18.3 Å². The molecule has 1 aromatic heterocycles. The van der Waals surface area contributed by atoms with Crippen LogP contribution < -0.4 is 10.5 Å². The molecule has 2 aliphatic heterocycles. The van der Waals surface area contributed by atoms with Gasteiger partial charge in [0.15, 0.2) is 0 Å². The van der Waals surface area contributed by atoms with Crippen LogP contribution in [0.3, 0.4) is 0 Å². The van der Waals surface area contributed by atoms with Gasteiger partial charge in [0.1, 0.15) is 16.8 Å². The van der Waals surface area contributed by atoms with Gasteiger partial charge in [-0.3, -0.25) is 4.79 Å². The summed E-state index contributed by atoms with van der Waals surface area (Å²) in [6, 6.07) is 2.83. The van der Waals surface area contributed by atoms with Gasteiger partial charge in [-0.25, -0.2) is 13.4 Å². The number of pyridine rings is 1. The van der Waals surface area contributed by atoms with Crippen molar-refractivity contribution in [2.24, 2.45) is 0 Å². The van der Waals surface area contributed by atoms with Gasteiger partial charge in [-0.15, -0.1) is 0 Å². The Balaban J connectivity index is 1.62. The van der Waals surface area contributed by atoms with Crippen molar-refractivity contribution in [2.75, 3.05) is 25.4 Å². The van der Waals surface area contributed by atoms with Crippen molar-refractivity contribution < 1.29 is 13.2 Å². The number of anilines is 1. The smallest absolute Gasteiger partial charge is 0.242 e. The lowest BCUT2D eigenvalue weighted by molar-refractivity contribution is -0.131. The standard InChI is InChI=1S/C17H27N5O3S/c1-12(2)21-8-5-13(6-9-21)22-10-7-15(17(22)23)20-26(24,25)14-3-4-16(18)19-11-14/h3-4,11-13,15,20H,5-10H2,1-2H3,(H2,18,19)/t15-/m0/s1. The first kappa shape index (κ1) is 19.1. The van der Waals surface area contributed by atoms with E-state index in [1.54, 1.807) is 0 Å². The molecule has 8 nitrogen and oxygen atoms in total. The minimum absolute atomic E-state index is 0.0168. The molecule has 2 fully saturated rings. The van der Waals surface area contributed by atoms with Gasteiger partial charge in [-0.2, -0.15) is 4.72 Å². The Morgan fingerprint density at radius 2 is 1.88 bits per heavy atom. The molecule has 0 unspecified atom stereocenters. The van der Waals surface area contributed by atoms with Gasteiger partial charge in [0, 0.05) is 37.9 Å². The maximum absolute atomic E-state index is 12.7. The van der Waals surface area contributed by atoms with Crippen molar-refractivity contribution in [1.82, 2.24) is 19.5 Å². The molecule has 0 saturated carbocycles. The van der Waals surface area contributed by atoms with Crippen LogP contribution in [0.15, 0.2) is 23.2 Å². The average Bonchev–Trinajstić information content (AvgIpc) is 2.95. The zero-order chi connectivity index (χ0) is 18.9. The highest BCUT2D eigenvalue weighted by molar-refractivity contribution is 7.89. The SMILES string of the molecule is CC(C)N1CCC(N2CC[C@H](NS(=O)(=O)c3ccc(N)nc3)C2=O)CC1. The molecule has 0 bridgehead atoms. The van der Waals surface area contributed by atoms with Crippen molar-refractivity contribution >= 4 is 21.7 Å². The number of likely N-dealkylation sites (tertiary alicyclic amines) is 2. The Labute approximate surface area is 154 Å². The molecule has 2 aliphatic rings.